The number of benzene rings is 1. The highest BCUT2D eigenvalue weighted by atomic mass is 16.3. The fraction of sp³-hybridized carbons (Fsp3) is 0.600. The maximum Gasteiger partial charge on any atom is 0.227 e. The molecule has 1 saturated heterocycles. The van der Waals surface area contributed by atoms with Crippen LogP contribution in [0.3, 0.4) is 0 Å². The van der Waals surface area contributed by atoms with Gasteiger partial charge < -0.3 is 15.3 Å². The molecule has 136 valence electrons. The van der Waals surface area contributed by atoms with E-state index in [9.17, 15) is 14.7 Å². The summed E-state index contributed by atoms with van der Waals surface area (Å²) >= 11 is 0. The third kappa shape index (κ3) is 4.40. The molecule has 1 saturated carbocycles. The second-order valence-corrected chi connectivity index (χ2v) is 7.68. The molecule has 5 heteroatoms. The van der Waals surface area contributed by atoms with Crippen molar-refractivity contribution in [1.29, 1.82) is 0 Å². The molecular weight excluding hydrogens is 316 g/mol. The van der Waals surface area contributed by atoms with E-state index in [4.69, 9.17) is 0 Å². The summed E-state index contributed by atoms with van der Waals surface area (Å²) in [6.45, 7) is 3.08. The third-order valence-corrected chi connectivity index (χ3v) is 5.56. The molecule has 1 heterocycles. The van der Waals surface area contributed by atoms with Crippen LogP contribution in [0.5, 0.6) is 0 Å². The van der Waals surface area contributed by atoms with Gasteiger partial charge in [0.15, 0.2) is 0 Å². The Bertz CT molecular complexity index is 615. The third-order valence-electron chi connectivity index (χ3n) is 5.56. The van der Waals surface area contributed by atoms with Crippen LogP contribution in [-0.2, 0) is 16.0 Å². The van der Waals surface area contributed by atoms with E-state index < -0.39 is 5.54 Å². The molecule has 2 fully saturated rings. The lowest BCUT2D eigenvalue weighted by Crippen LogP contribution is -2.55. The van der Waals surface area contributed by atoms with Gasteiger partial charge in [-0.3, -0.25) is 9.59 Å². The highest BCUT2D eigenvalue weighted by Crippen LogP contribution is 2.39. The predicted molar refractivity (Wildman–Crippen MR) is 95.8 cm³/mol. The van der Waals surface area contributed by atoms with Crippen LogP contribution in [0, 0.1) is 11.8 Å². The molecule has 2 amide bonds. The van der Waals surface area contributed by atoms with Crippen LogP contribution < -0.4 is 5.32 Å². The van der Waals surface area contributed by atoms with Crippen molar-refractivity contribution in [3.05, 3.63) is 35.9 Å². The molecule has 3 rings (SSSR count). The quantitative estimate of drug-likeness (QED) is 0.826. The minimum absolute atomic E-state index is 0.0272. The number of rotatable bonds is 6. The summed E-state index contributed by atoms with van der Waals surface area (Å²) < 4.78 is 0. The van der Waals surface area contributed by atoms with Gasteiger partial charge in [0.05, 0.1) is 24.5 Å². The normalized spacial score (nSPS) is 23.0. The molecule has 2 N–H and O–H groups in total. The van der Waals surface area contributed by atoms with Crippen molar-refractivity contribution in [1.82, 2.24) is 10.2 Å². The summed E-state index contributed by atoms with van der Waals surface area (Å²) in [5.41, 5.74) is 0.480. The largest absolute Gasteiger partial charge is 0.394 e. The number of nitrogens with zero attached hydrogens (tertiary/aromatic N) is 1. The number of aliphatic hydroxyl groups excluding tert-OH is 1. The second kappa shape index (κ2) is 7.56. The smallest absolute Gasteiger partial charge is 0.227 e. The van der Waals surface area contributed by atoms with E-state index in [1.54, 1.807) is 0 Å². The molecule has 0 aromatic heterocycles. The van der Waals surface area contributed by atoms with Gasteiger partial charge in [-0.15, -0.1) is 0 Å². The summed E-state index contributed by atoms with van der Waals surface area (Å²) in [4.78, 5) is 27.0. The van der Waals surface area contributed by atoms with Gasteiger partial charge in [0, 0.05) is 13.1 Å². The Balaban J connectivity index is 1.57. The Morgan fingerprint density at radius 2 is 1.96 bits per heavy atom. The maximum atomic E-state index is 12.7. The second-order valence-electron chi connectivity index (χ2n) is 7.68. The van der Waals surface area contributed by atoms with E-state index in [2.05, 4.69) is 5.32 Å². The summed E-state index contributed by atoms with van der Waals surface area (Å²) in [6, 6.07) is 9.71. The van der Waals surface area contributed by atoms with Gasteiger partial charge in [0.1, 0.15) is 0 Å². The molecule has 0 spiro atoms. The molecule has 1 aliphatic carbocycles. The van der Waals surface area contributed by atoms with Crippen molar-refractivity contribution in [3.63, 3.8) is 0 Å². The van der Waals surface area contributed by atoms with Gasteiger partial charge in [0.25, 0.3) is 0 Å². The minimum Gasteiger partial charge on any atom is -0.394 e. The van der Waals surface area contributed by atoms with Crippen LogP contribution in [0.2, 0.25) is 0 Å². The Hall–Kier alpha value is -1.88. The fourth-order valence-corrected chi connectivity index (χ4v) is 3.67. The number of aliphatic hydroxyl groups is 1. The van der Waals surface area contributed by atoms with E-state index in [-0.39, 0.29) is 24.3 Å². The number of amides is 2. The molecule has 2 atom stereocenters. The van der Waals surface area contributed by atoms with E-state index in [0.717, 1.165) is 37.8 Å². The summed E-state index contributed by atoms with van der Waals surface area (Å²) in [6.07, 6.45) is 4.14. The number of carbonyl (C=O) groups excluding carboxylic acids is 2. The van der Waals surface area contributed by atoms with Crippen LogP contribution in [0.4, 0.5) is 0 Å². The van der Waals surface area contributed by atoms with E-state index >= 15 is 0 Å². The van der Waals surface area contributed by atoms with Gasteiger partial charge in [0.2, 0.25) is 11.8 Å². The van der Waals surface area contributed by atoms with Crippen LogP contribution >= 0.6 is 0 Å². The Morgan fingerprint density at radius 3 is 2.60 bits per heavy atom. The van der Waals surface area contributed by atoms with Gasteiger partial charge >= 0.3 is 0 Å². The molecule has 25 heavy (non-hydrogen) atoms. The lowest BCUT2D eigenvalue weighted by molar-refractivity contribution is -0.136. The molecule has 1 aromatic carbocycles. The average molecular weight is 344 g/mol. The molecule has 2 aliphatic rings. The molecule has 0 radical (unpaired) electrons. The molecular formula is C20H28N2O3. The number of hydrogen-bond donors (Lipinski definition) is 2. The van der Waals surface area contributed by atoms with Crippen molar-refractivity contribution in [2.45, 2.75) is 44.6 Å². The Morgan fingerprint density at radius 1 is 1.24 bits per heavy atom. The predicted octanol–water partition coefficient (Wildman–Crippen LogP) is 1.74. The van der Waals surface area contributed by atoms with E-state index in [1.165, 1.54) is 0 Å². The number of hydrogen-bond acceptors (Lipinski definition) is 3. The molecule has 5 nitrogen and oxygen atoms in total. The lowest BCUT2D eigenvalue weighted by Gasteiger charge is -2.35. The van der Waals surface area contributed by atoms with Crippen molar-refractivity contribution in [2.24, 2.45) is 11.8 Å². The van der Waals surface area contributed by atoms with Crippen LogP contribution in [-0.4, -0.2) is 47.1 Å². The van der Waals surface area contributed by atoms with Gasteiger partial charge in [-0.25, -0.2) is 0 Å². The summed E-state index contributed by atoms with van der Waals surface area (Å²) in [5.74, 6) is 0.246. The lowest BCUT2D eigenvalue weighted by atomic mass is 9.92. The van der Waals surface area contributed by atoms with Crippen molar-refractivity contribution in [2.75, 3.05) is 19.7 Å². The highest BCUT2D eigenvalue weighted by Gasteiger charge is 2.43. The Labute approximate surface area is 149 Å². The summed E-state index contributed by atoms with van der Waals surface area (Å²) in [7, 11) is 0. The van der Waals surface area contributed by atoms with Gasteiger partial charge in [-0.2, -0.15) is 0 Å². The summed E-state index contributed by atoms with van der Waals surface area (Å²) in [5, 5.41) is 12.7. The first kappa shape index (κ1) is 17.9. The zero-order valence-corrected chi connectivity index (χ0v) is 14.9. The monoisotopic (exact) mass is 344 g/mol. The van der Waals surface area contributed by atoms with E-state index in [0.29, 0.717) is 18.9 Å². The van der Waals surface area contributed by atoms with Crippen LogP contribution in [0.1, 0.15) is 38.2 Å². The number of piperidine rings is 1. The standard InChI is InChI=1S/C20H28N2O3/c1-20(14-23,17-9-10-17)21-19(25)16-8-5-11-22(13-16)18(24)12-15-6-3-2-4-7-15/h2-4,6-7,16-17,23H,5,8-14H2,1H3,(H,21,25). The molecule has 2 unspecified atom stereocenters. The first-order chi connectivity index (χ1) is 12.0. The average Bonchev–Trinajstić information content (AvgIpc) is 3.48. The maximum absolute atomic E-state index is 12.7. The molecule has 1 aliphatic heterocycles. The van der Waals surface area contributed by atoms with E-state index in [1.807, 2.05) is 42.2 Å². The van der Waals surface area contributed by atoms with Crippen molar-refractivity contribution < 1.29 is 14.7 Å². The van der Waals surface area contributed by atoms with Crippen molar-refractivity contribution in [3.8, 4) is 0 Å². The molecule has 0 bridgehead atoms. The number of likely N-dealkylation sites (tertiary alicyclic amines) is 1. The first-order valence-electron chi connectivity index (χ1n) is 9.26. The van der Waals surface area contributed by atoms with Gasteiger partial charge in [-0.05, 0) is 44.1 Å². The van der Waals surface area contributed by atoms with Crippen LogP contribution in [0.25, 0.3) is 0 Å². The van der Waals surface area contributed by atoms with Crippen LogP contribution in [0.15, 0.2) is 30.3 Å². The zero-order chi connectivity index (χ0) is 17.9. The Kier molecular flexibility index (Phi) is 5.42. The molecule has 1 aromatic rings. The highest BCUT2D eigenvalue weighted by molar-refractivity contribution is 5.82. The minimum atomic E-state index is -0.520. The van der Waals surface area contributed by atoms with Gasteiger partial charge in [-0.1, -0.05) is 30.3 Å². The SMILES string of the molecule is CC(CO)(NC(=O)C1CCCN(C(=O)Cc2ccccc2)C1)C1CC1. The number of carbonyl (C=O) groups is 2. The zero-order valence-electron chi connectivity index (χ0n) is 14.9. The topological polar surface area (TPSA) is 69.6 Å². The van der Waals surface area contributed by atoms with Crippen molar-refractivity contribution >= 4 is 11.8 Å². The first-order valence-corrected chi connectivity index (χ1v) is 9.26. The fourth-order valence-electron chi connectivity index (χ4n) is 3.67. The number of nitrogens with one attached hydrogen (secondary N) is 1.